The standard InChI is InChI=1S/C44H29NO/c1-3-9-30(10-4-1)32-17-23-36(24-18-32)45(37-25-19-33(20-26-37)31-11-5-2-6-12-31)38-27-21-34-15-16-35-22-28-42-44(43(35)40(34)29-38)39-13-7-8-14-41(39)46-42/h1-29H. The lowest BCUT2D eigenvalue weighted by atomic mass is 9.96. The number of nitrogens with zero attached hydrogens (tertiary/aromatic N) is 1. The minimum atomic E-state index is 0.913. The summed E-state index contributed by atoms with van der Waals surface area (Å²) in [7, 11) is 0. The highest BCUT2D eigenvalue weighted by atomic mass is 16.3. The Morgan fingerprint density at radius 1 is 0.326 bits per heavy atom. The van der Waals surface area contributed by atoms with Gasteiger partial charge in [0.05, 0.1) is 0 Å². The molecule has 0 spiro atoms. The fraction of sp³-hybridized carbons (Fsp3) is 0. The number of hydrogen-bond donors (Lipinski definition) is 0. The Labute approximate surface area is 267 Å². The van der Waals surface area contributed by atoms with Crippen LogP contribution in [0.5, 0.6) is 0 Å². The number of fused-ring (bicyclic) bond motifs is 7. The van der Waals surface area contributed by atoms with Crippen LogP contribution in [0.1, 0.15) is 0 Å². The number of anilines is 3. The van der Waals surface area contributed by atoms with E-state index in [0.717, 1.165) is 33.6 Å². The maximum atomic E-state index is 6.31. The molecule has 0 atom stereocenters. The Bertz CT molecular complexity index is 2410. The summed E-state index contributed by atoms with van der Waals surface area (Å²) in [5, 5.41) is 7.15. The molecule has 0 radical (unpaired) electrons. The van der Waals surface area contributed by atoms with E-state index in [0.29, 0.717) is 0 Å². The zero-order chi connectivity index (χ0) is 30.5. The highest BCUT2D eigenvalue weighted by Gasteiger charge is 2.17. The van der Waals surface area contributed by atoms with E-state index in [2.05, 4.69) is 175 Å². The molecule has 2 nitrogen and oxygen atoms in total. The van der Waals surface area contributed by atoms with Crippen LogP contribution in [-0.4, -0.2) is 0 Å². The van der Waals surface area contributed by atoms with Gasteiger partial charge in [-0.2, -0.15) is 0 Å². The SMILES string of the molecule is c1ccc(-c2ccc(N(c3ccc(-c4ccccc4)cc3)c3ccc4ccc5ccc6oc7ccccc7c6c5c4c3)cc2)cc1. The first-order chi connectivity index (χ1) is 22.8. The largest absolute Gasteiger partial charge is 0.456 e. The molecule has 0 amide bonds. The molecule has 0 fully saturated rings. The zero-order valence-corrected chi connectivity index (χ0v) is 25.1. The summed E-state index contributed by atoms with van der Waals surface area (Å²) in [6, 6.07) is 62.7. The van der Waals surface area contributed by atoms with E-state index in [9.17, 15) is 0 Å². The molecule has 2 heteroatoms. The smallest absolute Gasteiger partial charge is 0.136 e. The molecule has 0 aliphatic heterocycles. The van der Waals surface area contributed by atoms with Gasteiger partial charge in [-0.1, -0.05) is 127 Å². The monoisotopic (exact) mass is 587 g/mol. The van der Waals surface area contributed by atoms with Gasteiger partial charge < -0.3 is 9.32 Å². The summed E-state index contributed by atoms with van der Waals surface area (Å²) >= 11 is 0. The van der Waals surface area contributed by atoms with E-state index >= 15 is 0 Å². The minimum absolute atomic E-state index is 0.913. The van der Waals surface area contributed by atoms with Gasteiger partial charge >= 0.3 is 0 Å². The third kappa shape index (κ3) is 4.43. The number of para-hydroxylation sites is 1. The van der Waals surface area contributed by atoms with Crippen LogP contribution in [-0.2, 0) is 0 Å². The van der Waals surface area contributed by atoms with Crippen LogP contribution < -0.4 is 4.90 Å². The summed E-state index contributed by atoms with van der Waals surface area (Å²) in [6.07, 6.45) is 0. The molecule has 0 saturated carbocycles. The van der Waals surface area contributed by atoms with Crippen molar-refractivity contribution in [2.75, 3.05) is 4.90 Å². The molecule has 1 aromatic heterocycles. The highest BCUT2D eigenvalue weighted by molar-refractivity contribution is 6.27. The molecule has 0 aliphatic rings. The molecule has 9 rings (SSSR count). The summed E-state index contributed by atoms with van der Waals surface area (Å²) < 4.78 is 6.31. The van der Waals surface area contributed by atoms with Gasteiger partial charge in [-0.15, -0.1) is 0 Å². The molecule has 0 unspecified atom stereocenters. The lowest BCUT2D eigenvalue weighted by Gasteiger charge is -2.26. The Morgan fingerprint density at radius 3 is 1.48 bits per heavy atom. The topological polar surface area (TPSA) is 16.4 Å². The second-order valence-corrected chi connectivity index (χ2v) is 11.8. The lowest BCUT2D eigenvalue weighted by molar-refractivity contribution is 0.669. The summed E-state index contributed by atoms with van der Waals surface area (Å²) in [5.41, 5.74) is 9.95. The molecular formula is C44H29NO. The third-order valence-corrected chi connectivity index (χ3v) is 9.05. The van der Waals surface area contributed by atoms with Gasteiger partial charge in [-0.3, -0.25) is 0 Å². The van der Waals surface area contributed by atoms with Crippen molar-refractivity contribution >= 4 is 60.5 Å². The van der Waals surface area contributed by atoms with E-state index in [4.69, 9.17) is 4.42 Å². The van der Waals surface area contributed by atoms with Gasteiger partial charge in [-0.05, 0) is 86.9 Å². The molecule has 8 aromatic carbocycles. The average Bonchev–Trinajstić information content (AvgIpc) is 3.52. The molecule has 216 valence electrons. The minimum Gasteiger partial charge on any atom is -0.456 e. The molecule has 9 aromatic rings. The molecule has 0 bridgehead atoms. The van der Waals surface area contributed by atoms with Gasteiger partial charge in [0.25, 0.3) is 0 Å². The molecule has 46 heavy (non-hydrogen) atoms. The Morgan fingerprint density at radius 2 is 0.826 bits per heavy atom. The van der Waals surface area contributed by atoms with E-state index in [1.165, 1.54) is 49.2 Å². The first-order valence-electron chi connectivity index (χ1n) is 15.7. The maximum absolute atomic E-state index is 6.31. The fourth-order valence-electron chi connectivity index (χ4n) is 6.80. The fourth-order valence-corrected chi connectivity index (χ4v) is 6.80. The van der Waals surface area contributed by atoms with Gasteiger partial charge in [0.2, 0.25) is 0 Å². The molecule has 0 aliphatic carbocycles. The summed E-state index contributed by atoms with van der Waals surface area (Å²) in [6.45, 7) is 0. The van der Waals surface area contributed by atoms with Crippen molar-refractivity contribution in [2.24, 2.45) is 0 Å². The van der Waals surface area contributed by atoms with Crippen LogP contribution in [0, 0.1) is 0 Å². The maximum Gasteiger partial charge on any atom is 0.136 e. The van der Waals surface area contributed by atoms with Crippen molar-refractivity contribution in [3.8, 4) is 22.3 Å². The van der Waals surface area contributed by atoms with Gasteiger partial charge in [0.1, 0.15) is 11.2 Å². The van der Waals surface area contributed by atoms with E-state index < -0.39 is 0 Å². The average molecular weight is 588 g/mol. The Hall–Kier alpha value is -6.12. The van der Waals surface area contributed by atoms with Crippen LogP contribution >= 0.6 is 0 Å². The Balaban J connectivity index is 1.25. The second-order valence-electron chi connectivity index (χ2n) is 11.8. The molecule has 0 saturated heterocycles. The van der Waals surface area contributed by atoms with E-state index in [1.807, 2.05) is 6.07 Å². The van der Waals surface area contributed by atoms with Crippen molar-refractivity contribution < 1.29 is 4.42 Å². The van der Waals surface area contributed by atoms with Crippen molar-refractivity contribution in [3.63, 3.8) is 0 Å². The summed E-state index contributed by atoms with van der Waals surface area (Å²) in [4.78, 5) is 2.36. The van der Waals surface area contributed by atoms with Crippen LogP contribution in [0.3, 0.4) is 0 Å². The van der Waals surface area contributed by atoms with Crippen LogP contribution in [0.25, 0.3) is 65.7 Å². The first kappa shape index (κ1) is 26.3. The van der Waals surface area contributed by atoms with E-state index in [-0.39, 0.29) is 0 Å². The van der Waals surface area contributed by atoms with Crippen LogP contribution in [0.15, 0.2) is 180 Å². The van der Waals surface area contributed by atoms with Gasteiger partial charge in [-0.25, -0.2) is 0 Å². The van der Waals surface area contributed by atoms with E-state index in [1.54, 1.807) is 0 Å². The molecular weight excluding hydrogens is 558 g/mol. The molecule has 0 N–H and O–H groups in total. The summed E-state index contributed by atoms with van der Waals surface area (Å²) in [5.74, 6) is 0. The number of furan rings is 1. The number of rotatable bonds is 5. The molecule has 1 heterocycles. The lowest BCUT2D eigenvalue weighted by Crippen LogP contribution is -2.09. The van der Waals surface area contributed by atoms with Crippen molar-refractivity contribution in [3.05, 3.63) is 176 Å². The third-order valence-electron chi connectivity index (χ3n) is 9.05. The Kier molecular flexibility index (Phi) is 6.17. The van der Waals surface area contributed by atoms with Crippen LogP contribution in [0.4, 0.5) is 17.1 Å². The first-order valence-corrected chi connectivity index (χ1v) is 15.7. The van der Waals surface area contributed by atoms with Gasteiger partial charge in [0.15, 0.2) is 0 Å². The predicted molar refractivity (Wildman–Crippen MR) is 194 cm³/mol. The highest BCUT2D eigenvalue weighted by Crippen LogP contribution is 2.42. The van der Waals surface area contributed by atoms with Crippen molar-refractivity contribution in [1.82, 2.24) is 0 Å². The van der Waals surface area contributed by atoms with Crippen molar-refractivity contribution in [2.45, 2.75) is 0 Å². The van der Waals surface area contributed by atoms with Gasteiger partial charge in [0, 0.05) is 33.2 Å². The zero-order valence-electron chi connectivity index (χ0n) is 25.1. The number of hydrogen-bond acceptors (Lipinski definition) is 2. The number of benzene rings is 8. The van der Waals surface area contributed by atoms with Crippen molar-refractivity contribution in [1.29, 1.82) is 0 Å². The predicted octanol–water partition coefficient (Wildman–Crippen LogP) is 12.7. The van der Waals surface area contributed by atoms with Crippen LogP contribution in [0.2, 0.25) is 0 Å². The quantitative estimate of drug-likeness (QED) is 0.186. The normalized spacial score (nSPS) is 11.5. The second kappa shape index (κ2) is 10.8.